The molecule has 0 radical (unpaired) electrons. The first-order chi connectivity index (χ1) is 6.50. The maximum absolute atomic E-state index is 11.2. The van der Waals surface area contributed by atoms with Gasteiger partial charge in [0.25, 0.3) is 5.91 Å². The van der Waals surface area contributed by atoms with E-state index in [0.717, 1.165) is 14.8 Å². The quantitative estimate of drug-likeness (QED) is 0.647. The Morgan fingerprint density at radius 1 is 1.50 bits per heavy atom. The monoisotopic (exact) mass is 343 g/mol. The van der Waals surface area contributed by atoms with Crippen LogP contribution in [0.5, 0.6) is 0 Å². The first-order valence-electron chi connectivity index (χ1n) is 3.86. The summed E-state index contributed by atoms with van der Waals surface area (Å²) in [6.45, 7) is 1.91. The van der Waals surface area contributed by atoms with Gasteiger partial charge in [-0.25, -0.2) is 0 Å². The minimum atomic E-state index is -1.03. The second-order valence-corrected chi connectivity index (χ2v) is 5.09. The van der Waals surface area contributed by atoms with E-state index in [1.54, 1.807) is 0 Å². The van der Waals surface area contributed by atoms with Gasteiger partial charge < -0.3 is 5.32 Å². The Labute approximate surface area is 106 Å². The number of hydrogen-bond acceptors (Lipinski definition) is 1. The van der Waals surface area contributed by atoms with Gasteiger partial charge in [0.05, 0.1) is 0 Å². The van der Waals surface area contributed by atoms with Crippen molar-refractivity contribution in [2.24, 2.45) is 0 Å². The number of amides is 1. The van der Waals surface area contributed by atoms with E-state index in [0.29, 0.717) is 0 Å². The molecule has 0 atom stereocenters. The maximum atomic E-state index is 11.2. The molecule has 5 heteroatoms. The van der Waals surface area contributed by atoms with Crippen molar-refractivity contribution in [3.05, 3.63) is 27.3 Å². The number of benzene rings is 1. The van der Waals surface area contributed by atoms with Gasteiger partial charge in [-0.05, 0) is 53.3 Å². The Hall–Kier alpha value is -0.000000000000000111. The van der Waals surface area contributed by atoms with Crippen LogP contribution in [0, 0.1) is 10.5 Å². The van der Waals surface area contributed by atoms with Crippen molar-refractivity contribution < 1.29 is 4.79 Å². The Bertz CT molecular complexity index is 355. The number of carbonyl (C=O) groups is 1. The van der Waals surface area contributed by atoms with Gasteiger partial charge in [0.1, 0.15) is 0 Å². The fraction of sp³-hybridized carbons (Fsp3) is 0.222. The van der Waals surface area contributed by atoms with Gasteiger partial charge in [-0.15, -0.1) is 0 Å². The number of rotatable bonds is 2. The molecule has 0 aliphatic heterocycles. The Morgan fingerprint density at radius 2 is 2.14 bits per heavy atom. The van der Waals surface area contributed by atoms with Crippen molar-refractivity contribution in [3.63, 3.8) is 0 Å². The molecule has 0 spiro atoms. The lowest BCUT2D eigenvalue weighted by molar-refractivity contribution is -0.114. The van der Waals surface area contributed by atoms with Crippen molar-refractivity contribution in [1.82, 2.24) is 0 Å². The molecule has 0 aromatic heterocycles. The summed E-state index contributed by atoms with van der Waals surface area (Å²) >= 11 is 13.0. The molecule has 0 fully saturated rings. The molecule has 1 amide bonds. The average molecular weight is 344 g/mol. The third-order valence-electron chi connectivity index (χ3n) is 1.64. The summed E-state index contributed by atoms with van der Waals surface area (Å²) in [4.78, 5) is 10.1. The van der Waals surface area contributed by atoms with Crippen molar-refractivity contribution in [3.8, 4) is 0 Å². The lowest BCUT2D eigenvalue weighted by atomic mass is 10.2. The molecule has 0 aliphatic carbocycles. The zero-order valence-electron chi connectivity index (χ0n) is 7.35. The van der Waals surface area contributed by atoms with Crippen molar-refractivity contribution in [2.75, 3.05) is 5.32 Å². The fourth-order valence-electron chi connectivity index (χ4n) is 0.955. The molecule has 0 saturated carbocycles. The predicted molar refractivity (Wildman–Crippen MR) is 68.0 cm³/mol. The van der Waals surface area contributed by atoms with E-state index in [9.17, 15) is 4.79 Å². The van der Waals surface area contributed by atoms with Crippen LogP contribution in [0.3, 0.4) is 0 Å². The highest BCUT2D eigenvalue weighted by Crippen LogP contribution is 2.18. The summed E-state index contributed by atoms with van der Waals surface area (Å²) in [5, 5.41) is 2.63. The second kappa shape index (κ2) is 5.19. The van der Waals surface area contributed by atoms with E-state index in [1.165, 1.54) is 0 Å². The third kappa shape index (κ3) is 3.29. The van der Waals surface area contributed by atoms with Crippen LogP contribution < -0.4 is 5.32 Å². The number of aryl methyl sites for hydroxylation is 1. The third-order valence-corrected chi connectivity index (χ3v) is 2.71. The van der Waals surface area contributed by atoms with Gasteiger partial charge in [-0.1, -0.05) is 23.2 Å². The summed E-state index contributed by atoms with van der Waals surface area (Å²) in [5.41, 5.74) is 1.72. The van der Waals surface area contributed by atoms with Crippen LogP contribution in [-0.4, -0.2) is 10.7 Å². The zero-order chi connectivity index (χ0) is 10.7. The molecule has 0 unspecified atom stereocenters. The highest BCUT2D eigenvalue weighted by atomic mass is 127. The van der Waals surface area contributed by atoms with Crippen LogP contribution in [0.25, 0.3) is 0 Å². The van der Waals surface area contributed by atoms with Crippen LogP contribution in [0.15, 0.2) is 18.2 Å². The van der Waals surface area contributed by atoms with Crippen LogP contribution in [0.2, 0.25) is 0 Å². The van der Waals surface area contributed by atoms with Crippen LogP contribution in [0.4, 0.5) is 5.69 Å². The minimum Gasteiger partial charge on any atom is -0.323 e. The first kappa shape index (κ1) is 12.1. The zero-order valence-corrected chi connectivity index (χ0v) is 11.0. The topological polar surface area (TPSA) is 29.1 Å². The number of nitrogens with one attached hydrogen (secondary N) is 1. The normalized spacial score (nSPS) is 10.4. The smallest absolute Gasteiger partial charge is 0.257 e. The summed E-state index contributed by atoms with van der Waals surface area (Å²) < 4.78 is 1.12. The number of halogens is 3. The minimum absolute atomic E-state index is 0.405. The number of carbonyl (C=O) groups excluding carboxylic acids is 1. The summed E-state index contributed by atoms with van der Waals surface area (Å²) in [7, 11) is 0. The fourth-order valence-corrected chi connectivity index (χ4v) is 1.71. The van der Waals surface area contributed by atoms with Gasteiger partial charge in [-0.2, -0.15) is 0 Å². The van der Waals surface area contributed by atoms with Crippen molar-refractivity contribution in [1.29, 1.82) is 0 Å². The molecule has 1 rings (SSSR count). The molecule has 0 saturated heterocycles. The molecule has 1 aromatic carbocycles. The lowest BCUT2D eigenvalue weighted by Crippen LogP contribution is -2.19. The molecule has 76 valence electrons. The van der Waals surface area contributed by atoms with Crippen molar-refractivity contribution in [2.45, 2.75) is 11.8 Å². The summed E-state index contributed by atoms with van der Waals surface area (Å²) in [6, 6.07) is 5.69. The molecule has 0 bridgehead atoms. The van der Waals surface area contributed by atoms with Gasteiger partial charge in [0.2, 0.25) is 0 Å². The van der Waals surface area contributed by atoms with Gasteiger partial charge >= 0.3 is 0 Å². The lowest BCUT2D eigenvalue weighted by Gasteiger charge is -2.08. The summed E-state index contributed by atoms with van der Waals surface area (Å²) in [5.74, 6) is -0.405. The Kier molecular flexibility index (Phi) is 4.47. The number of alkyl halides is 2. The Morgan fingerprint density at radius 3 is 2.64 bits per heavy atom. The largest absolute Gasteiger partial charge is 0.323 e. The Balaban J connectivity index is 2.82. The van der Waals surface area contributed by atoms with Crippen LogP contribution in [-0.2, 0) is 4.79 Å². The van der Waals surface area contributed by atoms with E-state index in [2.05, 4.69) is 27.9 Å². The number of anilines is 1. The van der Waals surface area contributed by atoms with Crippen molar-refractivity contribution >= 4 is 57.4 Å². The van der Waals surface area contributed by atoms with E-state index in [4.69, 9.17) is 23.2 Å². The van der Waals surface area contributed by atoms with Crippen LogP contribution >= 0.6 is 45.8 Å². The standard InChI is InChI=1S/C9H8Cl2INO/c1-5-4-6(12)2-3-7(5)13-9(14)8(10)11/h2-4,8H,1H3,(H,13,14). The number of hydrogen-bond donors (Lipinski definition) is 1. The van der Waals surface area contributed by atoms with Gasteiger partial charge in [-0.3, -0.25) is 4.79 Å². The first-order valence-corrected chi connectivity index (χ1v) is 5.81. The molecule has 2 nitrogen and oxygen atoms in total. The summed E-state index contributed by atoms with van der Waals surface area (Å²) in [6.07, 6.45) is 0. The molecule has 0 aliphatic rings. The molecular weight excluding hydrogens is 336 g/mol. The van der Waals surface area contributed by atoms with E-state index in [1.807, 2.05) is 25.1 Å². The molecule has 1 aromatic rings. The molecule has 0 heterocycles. The van der Waals surface area contributed by atoms with E-state index < -0.39 is 10.7 Å². The predicted octanol–water partition coefficient (Wildman–Crippen LogP) is 3.34. The maximum Gasteiger partial charge on any atom is 0.257 e. The molecular formula is C9H8Cl2INO. The van der Waals surface area contributed by atoms with Crippen LogP contribution in [0.1, 0.15) is 5.56 Å². The molecule has 14 heavy (non-hydrogen) atoms. The van der Waals surface area contributed by atoms with Gasteiger partial charge in [0.15, 0.2) is 4.84 Å². The SMILES string of the molecule is Cc1cc(I)ccc1NC(=O)C(Cl)Cl. The average Bonchev–Trinajstić information content (AvgIpc) is 2.09. The van der Waals surface area contributed by atoms with Gasteiger partial charge in [0, 0.05) is 9.26 Å². The highest BCUT2D eigenvalue weighted by Gasteiger charge is 2.12. The second-order valence-electron chi connectivity index (χ2n) is 2.75. The highest BCUT2D eigenvalue weighted by molar-refractivity contribution is 14.1. The molecule has 1 N–H and O–H groups in total. The van der Waals surface area contributed by atoms with E-state index in [-0.39, 0.29) is 0 Å². The van der Waals surface area contributed by atoms with E-state index >= 15 is 0 Å².